The molecule has 0 bridgehead atoms. The molecule has 9 heteroatoms. The molecule has 0 saturated heterocycles. The number of ether oxygens (including phenoxy) is 1. The molecule has 2 N–H and O–H groups in total. The zero-order valence-electron chi connectivity index (χ0n) is 17.6. The Kier molecular flexibility index (Phi) is 25.1. The number of hydroxylamine groups is 2. The Morgan fingerprint density at radius 3 is 2.10 bits per heavy atom. The predicted molar refractivity (Wildman–Crippen MR) is 107 cm³/mol. The van der Waals surface area contributed by atoms with Crippen molar-refractivity contribution in [2.45, 2.75) is 39.2 Å². The summed E-state index contributed by atoms with van der Waals surface area (Å²) in [6.07, 6.45) is 2.02. The van der Waals surface area contributed by atoms with Crippen molar-refractivity contribution in [2.24, 2.45) is 0 Å². The maximum Gasteiger partial charge on any atom is 0.158 e. The SMILES string of the molecule is CCOCC(=O)CCC[18F].CNOCCCC[18F].CNOCc1ccc([18F])cc1. The van der Waals surface area contributed by atoms with E-state index in [-0.39, 0.29) is 24.9 Å². The molecular weight excluding hydrogens is 386 g/mol. The van der Waals surface area contributed by atoms with Crippen molar-refractivity contribution in [1.29, 1.82) is 0 Å². The molecule has 0 spiro atoms. The van der Waals surface area contributed by atoms with Crippen LogP contribution in [0, 0.1) is 5.82 Å². The molecule has 0 aliphatic carbocycles. The Labute approximate surface area is 172 Å². The van der Waals surface area contributed by atoms with Crippen molar-refractivity contribution in [2.75, 3.05) is 47.3 Å². The summed E-state index contributed by atoms with van der Waals surface area (Å²) in [5.41, 5.74) is 5.99. The van der Waals surface area contributed by atoms with Gasteiger partial charge in [-0.2, -0.15) is 0 Å². The second-order valence-corrected chi connectivity index (χ2v) is 5.54. The molecule has 0 saturated carbocycles. The van der Waals surface area contributed by atoms with Crippen LogP contribution in [0.2, 0.25) is 0 Å². The number of rotatable bonds is 14. The quantitative estimate of drug-likeness (QED) is 0.353. The van der Waals surface area contributed by atoms with E-state index in [0.717, 1.165) is 12.0 Å². The van der Waals surface area contributed by atoms with E-state index in [1.807, 2.05) is 6.92 Å². The third kappa shape index (κ3) is 24.4. The molecule has 1 aromatic carbocycles. The van der Waals surface area contributed by atoms with Gasteiger partial charge in [-0.15, -0.1) is 0 Å². The standard InChI is InChI=1S/C8H10FNO.C7H13FO2.C5H12FNO/c1-10-11-6-7-2-4-8(9)5-3-7;1-2-10-6-7(9)4-3-5-8;1-7-8-5-3-2-4-6/h2-5,10H,6H2,1H3;2-6H2,1H3;7H,2-5H2,1H3/i9-1;8-1;6-1. The van der Waals surface area contributed by atoms with Crippen molar-refractivity contribution in [1.82, 2.24) is 11.0 Å². The second-order valence-electron chi connectivity index (χ2n) is 5.54. The van der Waals surface area contributed by atoms with Crippen LogP contribution in [0.1, 0.15) is 38.2 Å². The van der Waals surface area contributed by atoms with Gasteiger partial charge < -0.3 is 9.57 Å². The summed E-state index contributed by atoms with van der Waals surface area (Å²) in [6.45, 7) is 2.89. The van der Waals surface area contributed by atoms with Crippen LogP contribution in [-0.2, 0) is 25.8 Å². The third-order valence-corrected chi connectivity index (χ3v) is 3.13. The molecule has 29 heavy (non-hydrogen) atoms. The fraction of sp³-hybridized carbons (Fsp3) is 0.650. The first kappa shape index (κ1) is 29.7. The van der Waals surface area contributed by atoms with E-state index in [9.17, 15) is 18.0 Å². The van der Waals surface area contributed by atoms with Crippen molar-refractivity contribution >= 4 is 5.78 Å². The van der Waals surface area contributed by atoms with Gasteiger partial charge >= 0.3 is 0 Å². The number of nitrogens with one attached hydrogen (secondary N) is 2. The Morgan fingerprint density at radius 2 is 1.59 bits per heavy atom. The highest BCUT2D eigenvalue weighted by molar-refractivity contribution is 5.79. The molecule has 0 amide bonds. The topological polar surface area (TPSA) is 68.8 Å². The minimum absolute atomic E-state index is 0.0144. The van der Waals surface area contributed by atoms with Gasteiger partial charge in [0.15, 0.2) is 5.78 Å². The molecule has 0 heterocycles. The first-order chi connectivity index (χ1) is 14.0. The summed E-state index contributed by atoms with van der Waals surface area (Å²) in [7, 11) is 3.37. The summed E-state index contributed by atoms with van der Waals surface area (Å²) < 4.78 is 40.0. The highest BCUT2D eigenvalue weighted by Crippen LogP contribution is 2.02. The van der Waals surface area contributed by atoms with Crippen LogP contribution < -0.4 is 11.0 Å². The predicted octanol–water partition coefficient (Wildman–Crippen LogP) is 3.71. The van der Waals surface area contributed by atoms with Gasteiger partial charge in [0.1, 0.15) is 12.4 Å². The zero-order valence-corrected chi connectivity index (χ0v) is 17.6. The molecule has 0 atom stereocenters. The number of hydrogen-bond donors (Lipinski definition) is 2. The Bertz CT molecular complexity index is 450. The monoisotopic (exact) mass is 421 g/mol. The van der Waals surface area contributed by atoms with Crippen LogP contribution in [0.15, 0.2) is 24.3 Å². The minimum Gasteiger partial charge on any atom is -0.374 e. The summed E-state index contributed by atoms with van der Waals surface area (Å²) in [5.74, 6) is -0.238. The van der Waals surface area contributed by atoms with Gasteiger partial charge in [0, 0.05) is 27.1 Å². The van der Waals surface area contributed by atoms with E-state index in [1.54, 1.807) is 26.2 Å². The summed E-state index contributed by atoms with van der Waals surface area (Å²) in [6, 6.07) is 6.20. The maximum atomic E-state index is 12.4. The molecule has 0 aromatic heterocycles. The van der Waals surface area contributed by atoms with E-state index in [2.05, 4.69) is 11.0 Å². The highest BCUT2D eigenvalue weighted by Gasteiger charge is 1.99. The summed E-state index contributed by atoms with van der Waals surface area (Å²) in [5, 5.41) is 0. The molecule has 0 aliphatic heterocycles. The van der Waals surface area contributed by atoms with Crippen molar-refractivity contribution < 1.29 is 32.4 Å². The van der Waals surface area contributed by atoms with Crippen LogP contribution in [0.25, 0.3) is 0 Å². The number of ketones is 1. The van der Waals surface area contributed by atoms with Gasteiger partial charge in [-0.3, -0.25) is 18.4 Å². The molecule has 6 nitrogen and oxygen atoms in total. The molecule has 1 aromatic rings. The molecule has 170 valence electrons. The Morgan fingerprint density at radius 1 is 0.966 bits per heavy atom. The van der Waals surface area contributed by atoms with Crippen LogP contribution in [0.4, 0.5) is 13.2 Å². The first-order valence-corrected chi connectivity index (χ1v) is 9.58. The number of halogens is 3. The molecule has 0 unspecified atom stereocenters. The number of benzene rings is 1. The maximum absolute atomic E-state index is 12.4. The lowest BCUT2D eigenvalue weighted by atomic mass is 10.2. The van der Waals surface area contributed by atoms with Crippen molar-refractivity contribution in [3.8, 4) is 0 Å². The number of Topliss-reactive ketones (excluding diaryl/α,β-unsaturated/α-hetero) is 1. The lowest BCUT2D eigenvalue weighted by Crippen LogP contribution is -2.08. The number of unbranched alkanes of at least 4 members (excludes halogenated alkanes) is 1. The molecule has 1 rings (SSSR count). The summed E-state index contributed by atoms with van der Waals surface area (Å²) in [4.78, 5) is 20.3. The smallest absolute Gasteiger partial charge is 0.158 e. The average Bonchev–Trinajstić information content (AvgIpc) is 2.74. The fourth-order valence-corrected chi connectivity index (χ4v) is 1.66. The van der Waals surface area contributed by atoms with Gasteiger partial charge in [0.25, 0.3) is 0 Å². The highest BCUT2D eigenvalue weighted by atomic mass is 18.2. The molecule has 0 radical (unpaired) electrons. The van der Waals surface area contributed by atoms with Crippen LogP contribution in [-0.4, -0.2) is 53.0 Å². The number of carbonyl (C=O) groups is 1. The lowest BCUT2D eigenvalue weighted by Gasteiger charge is -2.00. The van der Waals surface area contributed by atoms with Gasteiger partial charge in [0.05, 0.1) is 26.6 Å². The van der Waals surface area contributed by atoms with Crippen molar-refractivity contribution in [3.63, 3.8) is 0 Å². The number of alkyl halides is 2. The normalized spacial score (nSPS) is 9.86. The van der Waals surface area contributed by atoms with Gasteiger partial charge in [-0.1, -0.05) is 12.1 Å². The van der Waals surface area contributed by atoms with E-state index in [1.165, 1.54) is 12.1 Å². The van der Waals surface area contributed by atoms with E-state index in [0.29, 0.717) is 39.1 Å². The zero-order chi connectivity index (χ0) is 22.2. The largest absolute Gasteiger partial charge is 0.374 e. The van der Waals surface area contributed by atoms with Gasteiger partial charge in [0.2, 0.25) is 0 Å². The van der Waals surface area contributed by atoms with Crippen LogP contribution >= 0.6 is 0 Å². The van der Waals surface area contributed by atoms with Gasteiger partial charge in [-0.25, -0.2) is 15.4 Å². The average molecular weight is 422 g/mol. The number of carbonyl (C=O) groups excluding carboxylic acids is 1. The van der Waals surface area contributed by atoms with Crippen LogP contribution in [0.5, 0.6) is 0 Å². The molecule has 0 fully saturated rings. The first-order valence-electron chi connectivity index (χ1n) is 9.58. The minimum atomic E-state index is -0.419. The Balaban J connectivity index is 0. The molecule has 0 aliphatic rings. The van der Waals surface area contributed by atoms with Crippen LogP contribution in [0.3, 0.4) is 0 Å². The van der Waals surface area contributed by atoms with E-state index >= 15 is 0 Å². The summed E-state index contributed by atoms with van der Waals surface area (Å²) >= 11 is 0. The lowest BCUT2D eigenvalue weighted by molar-refractivity contribution is -0.123. The van der Waals surface area contributed by atoms with Crippen molar-refractivity contribution in [3.05, 3.63) is 35.6 Å². The Hall–Kier alpha value is -1.52. The number of hydrogen-bond acceptors (Lipinski definition) is 6. The molecular formula is C20H35F3N2O4. The van der Waals surface area contributed by atoms with E-state index < -0.39 is 6.67 Å². The van der Waals surface area contributed by atoms with E-state index in [4.69, 9.17) is 14.4 Å². The second kappa shape index (κ2) is 24.5. The van der Waals surface area contributed by atoms with Gasteiger partial charge in [-0.05, 0) is 43.9 Å². The third-order valence-electron chi connectivity index (χ3n) is 3.13. The fourth-order valence-electron chi connectivity index (χ4n) is 1.66.